The van der Waals surface area contributed by atoms with E-state index in [4.69, 9.17) is 4.74 Å². The number of carbonyl (C=O) groups is 1. The Morgan fingerprint density at radius 1 is 1.17 bits per heavy atom. The van der Waals surface area contributed by atoms with Gasteiger partial charge in [-0.15, -0.1) is 0 Å². The zero-order chi connectivity index (χ0) is 14.0. The highest BCUT2D eigenvalue weighted by molar-refractivity contribution is 5.68. The van der Waals surface area contributed by atoms with Gasteiger partial charge in [-0.05, 0) is 44.9 Å². The molecule has 0 aromatic rings. The van der Waals surface area contributed by atoms with Crippen LogP contribution in [0.2, 0.25) is 0 Å². The van der Waals surface area contributed by atoms with Crippen LogP contribution in [0.1, 0.15) is 60.8 Å². The zero-order valence-corrected chi connectivity index (χ0v) is 12.9. The third kappa shape index (κ3) is 4.18. The molecule has 0 radical (unpaired) electrons. The number of rotatable bonds is 2. The molecule has 0 saturated carbocycles. The van der Waals surface area contributed by atoms with Crippen molar-refractivity contribution in [2.45, 2.75) is 66.4 Å². The number of hydrogen-bond donors (Lipinski definition) is 0. The Morgan fingerprint density at radius 2 is 1.67 bits per heavy atom. The van der Waals surface area contributed by atoms with Crippen LogP contribution in [0, 0.1) is 11.3 Å². The van der Waals surface area contributed by atoms with Crippen LogP contribution >= 0.6 is 0 Å². The van der Waals surface area contributed by atoms with Crippen LogP contribution in [-0.2, 0) is 4.74 Å². The van der Waals surface area contributed by atoms with Crippen molar-refractivity contribution in [3.8, 4) is 0 Å². The second kappa shape index (κ2) is 5.50. The summed E-state index contributed by atoms with van der Waals surface area (Å²) in [6.45, 7) is 14.3. The Bertz CT molecular complexity index is 283. The highest BCUT2D eigenvalue weighted by atomic mass is 16.6. The first kappa shape index (κ1) is 15.3. The van der Waals surface area contributed by atoms with Gasteiger partial charge >= 0.3 is 6.09 Å². The maximum Gasteiger partial charge on any atom is 0.410 e. The van der Waals surface area contributed by atoms with E-state index >= 15 is 0 Å². The van der Waals surface area contributed by atoms with Crippen molar-refractivity contribution in [2.75, 3.05) is 13.1 Å². The van der Waals surface area contributed by atoms with Crippen LogP contribution in [0.15, 0.2) is 0 Å². The van der Waals surface area contributed by atoms with Crippen molar-refractivity contribution in [1.29, 1.82) is 0 Å². The Labute approximate surface area is 112 Å². The molecule has 0 N–H and O–H groups in total. The van der Waals surface area contributed by atoms with Gasteiger partial charge in [0, 0.05) is 13.1 Å². The fraction of sp³-hybridized carbons (Fsp3) is 0.933. The molecular weight excluding hydrogens is 226 g/mol. The summed E-state index contributed by atoms with van der Waals surface area (Å²) in [5.74, 6) is 0.723. The molecular formula is C15H29NO2. The largest absolute Gasteiger partial charge is 0.444 e. The van der Waals surface area contributed by atoms with E-state index in [0.717, 1.165) is 31.8 Å². The van der Waals surface area contributed by atoms with Crippen molar-refractivity contribution < 1.29 is 9.53 Å². The van der Waals surface area contributed by atoms with Gasteiger partial charge < -0.3 is 9.64 Å². The molecule has 0 aromatic carbocycles. The quantitative estimate of drug-likeness (QED) is 0.744. The maximum atomic E-state index is 11.9. The van der Waals surface area contributed by atoms with Crippen LogP contribution in [-0.4, -0.2) is 29.7 Å². The molecule has 1 aliphatic heterocycles. The number of nitrogens with zero attached hydrogens (tertiary/aromatic N) is 1. The molecule has 18 heavy (non-hydrogen) atoms. The molecule has 1 fully saturated rings. The Kier molecular flexibility index (Phi) is 4.68. The second-order valence-corrected chi connectivity index (χ2v) is 7.08. The van der Waals surface area contributed by atoms with Gasteiger partial charge in [0.2, 0.25) is 0 Å². The van der Waals surface area contributed by atoms with Gasteiger partial charge in [0.1, 0.15) is 5.60 Å². The summed E-state index contributed by atoms with van der Waals surface area (Å²) in [4.78, 5) is 13.8. The predicted octanol–water partition coefficient (Wildman–Crippen LogP) is 4.07. The normalized spacial score (nSPS) is 18.9. The fourth-order valence-electron chi connectivity index (χ4n) is 2.46. The van der Waals surface area contributed by atoms with E-state index in [1.807, 2.05) is 25.7 Å². The SMILES string of the molecule is CCC(C)(C)C1CCN(C(=O)OC(C)(C)C)CC1. The first-order chi connectivity index (χ1) is 8.15. The molecule has 0 bridgehead atoms. The molecule has 1 aliphatic rings. The van der Waals surface area contributed by atoms with Crippen LogP contribution in [0.5, 0.6) is 0 Å². The van der Waals surface area contributed by atoms with E-state index in [2.05, 4.69) is 20.8 Å². The molecule has 3 heteroatoms. The van der Waals surface area contributed by atoms with Gasteiger partial charge in [-0.25, -0.2) is 4.79 Å². The number of likely N-dealkylation sites (tertiary alicyclic amines) is 1. The summed E-state index contributed by atoms with van der Waals surface area (Å²) in [6.07, 6.45) is 3.24. The lowest BCUT2D eigenvalue weighted by Gasteiger charge is -2.40. The summed E-state index contributed by atoms with van der Waals surface area (Å²) in [7, 11) is 0. The molecule has 1 saturated heterocycles. The Morgan fingerprint density at radius 3 is 2.06 bits per heavy atom. The number of carbonyl (C=O) groups excluding carboxylic acids is 1. The standard InChI is InChI=1S/C15H29NO2/c1-7-15(5,6)12-8-10-16(11-9-12)13(17)18-14(2,3)4/h12H,7-11H2,1-6H3. The topological polar surface area (TPSA) is 29.5 Å². The highest BCUT2D eigenvalue weighted by Crippen LogP contribution is 2.37. The molecule has 0 atom stereocenters. The monoisotopic (exact) mass is 255 g/mol. The van der Waals surface area contributed by atoms with Crippen molar-refractivity contribution in [1.82, 2.24) is 4.90 Å². The van der Waals surface area contributed by atoms with Crippen molar-refractivity contribution in [3.05, 3.63) is 0 Å². The average Bonchev–Trinajstić information content (AvgIpc) is 2.27. The molecule has 0 aliphatic carbocycles. The van der Waals surface area contributed by atoms with E-state index in [9.17, 15) is 4.79 Å². The molecule has 1 amide bonds. The lowest BCUT2D eigenvalue weighted by Crippen LogP contribution is -2.44. The van der Waals surface area contributed by atoms with Gasteiger partial charge in [-0.1, -0.05) is 27.2 Å². The van der Waals surface area contributed by atoms with E-state index in [-0.39, 0.29) is 6.09 Å². The van der Waals surface area contributed by atoms with Gasteiger partial charge in [-0.2, -0.15) is 0 Å². The average molecular weight is 255 g/mol. The van der Waals surface area contributed by atoms with Crippen LogP contribution < -0.4 is 0 Å². The minimum Gasteiger partial charge on any atom is -0.444 e. The molecule has 0 spiro atoms. The molecule has 0 unspecified atom stereocenters. The first-order valence-corrected chi connectivity index (χ1v) is 7.13. The van der Waals surface area contributed by atoms with Gasteiger partial charge in [0.15, 0.2) is 0 Å². The first-order valence-electron chi connectivity index (χ1n) is 7.13. The van der Waals surface area contributed by atoms with Crippen molar-refractivity contribution in [3.63, 3.8) is 0 Å². The van der Waals surface area contributed by atoms with Gasteiger partial charge in [-0.3, -0.25) is 0 Å². The van der Waals surface area contributed by atoms with E-state index in [1.54, 1.807) is 0 Å². The van der Waals surface area contributed by atoms with E-state index in [0.29, 0.717) is 5.41 Å². The lowest BCUT2D eigenvalue weighted by atomic mass is 9.72. The summed E-state index contributed by atoms with van der Waals surface area (Å²) in [5.41, 5.74) is -0.00333. The molecule has 106 valence electrons. The molecule has 3 nitrogen and oxygen atoms in total. The third-order valence-corrected chi connectivity index (χ3v) is 4.16. The Hall–Kier alpha value is -0.730. The number of amides is 1. The molecule has 1 heterocycles. The number of hydrogen-bond acceptors (Lipinski definition) is 2. The molecule has 1 rings (SSSR count). The minimum absolute atomic E-state index is 0.157. The van der Waals surface area contributed by atoms with Crippen molar-refractivity contribution in [2.24, 2.45) is 11.3 Å². The Balaban J connectivity index is 2.47. The van der Waals surface area contributed by atoms with E-state index in [1.165, 1.54) is 6.42 Å². The fourth-order valence-corrected chi connectivity index (χ4v) is 2.46. The lowest BCUT2D eigenvalue weighted by molar-refractivity contribution is 0.0114. The summed E-state index contributed by atoms with van der Waals surface area (Å²) < 4.78 is 5.41. The maximum absolute atomic E-state index is 11.9. The van der Waals surface area contributed by atoms with Gasteiger partial charge in [0.05, 0.1) is 0 Å². The summed E-state index contributed by atoms with van der Waals surface area (Å²) in [5, 5.41) is 0. The minimum atomic E-state index is -0.392. The zero-order valence-electron chi connectivity index (χ0n) is 12.9. The molecule has 0 aromatic heterocycles. The van der Waals surface area contributed by atoms with Crippen LogP contribution in [0.25, 0.3) is 0 Å². The van der Waals surface area contributed by atoms with Crippen LogP contribution in [0.3, 0.4) is 0 Å². The second-order valence-electron chi connectivity index (χ2n) is 7.08. The van der Waals surface area contributed by atoms with Crippen molar-refractivity contribution >= 4 is 6.09 Å². The number of ether oxygens (including phenoxy) is 1. The summed E-state index contributed by atoms with van der Waals surface area (Å²) in [6, 6.07) is 0. The smallest absolute Gasteiger partial charge is 0.410 e. The van der Waals surface area contributed by atoms with Gasteiger partial charge in [0.25, 0.3) is 0 Å². The van der Waals surface area contributed by atoms with E-state index < -0.39 is 5.60 Å². The summed E-state index contributed by atoms with van der Waals surface area (Å²) >= 11 is 0. The third-order valence-electron chi connectivity index (χ3n) is 4.16. The number of piperidine rings is 1. The highest BCUT2D eigenvalue weighted by Gasteiger charge is 2.33. The van der Waals surface area contributed by atoms with Crippen LogP contribution in [0.4, 0.5) is 4.79 Å². The predicted molar refractivity (Wildman–Crippen MR) is 74.6 cm³/mol.